The molecule has 0 bridgehead atoms. The number of benzene rings is 1. The van der Waals surface area contributed by atoms with Crippen LogP contribution >= 0.6 is 23.2 Å². The van der Waals surface area contributed by atoms with Gasteiger partial charge in [0.25, 0.3) is 0 Å². The molecule has 0 radical (unpaired) electrons. The largest absolute Gasteiger partial charge is 0.299 e. The van der Waals surface area contributed by atoms with Crippen LogP contribution < -0.4 is 0 Å². The minimum atomic E-state index is -3.23. The molecule has 0 saturated carbocycles. The average molecular weight is 368 g/mol. The highest BCUT2D eigenvalue weighted by molar-refractivity contribution is 7.90. The van der Waals surface area contributed by atoms with Crippen LogP contribution in [0.4, 0.5) is 0 Å². The van der Waals surface area contributed by atoms with Crippen LogP contribution in [-0.4, -0.2) is 29.2 Å². The van der Waals surface area contributed by atoms with Gasteiger partial charge in [-0.25, -0.2) is 18.4 Å². The molecule has 3 aromatic rings. The summed E-state index contributed by atoms with van der Waals surface area (Å²) >= 11 is 11.8. The summed E-state index contributed by atoms with van der Waals surface area (Å²) in [4.78, 5) is 8.43. The van der Waals surface area contributed by atoms with Gasteiger partial charge in [0, 0.05) is 23.7 Å². The topological polar surface area (TPSA) is 64.8 Å². The van der Waals surface area contributed by atoms with Gasteiger partial charge in [0.15, 0.2) is 9.84 Å². The monoisotopic (exact) mass is 367 g/mol. The maximum atomic E-state index is 11.5. The zero-order valence-corrected chi connectivity index (χ0v) is 14.3. The zero-order chi connectivity index (χ0) is 16.6. The van der Waals surface area contributed by atoms with Crippen molar-refractivity contribution in [3.05, 3.63) is 59.2 Å². The van der Waals surface area contributed by atoms with E-state index >= 15 is 0 Å². The summed E-state index contributed by atoms with van der Waals surface area (Å²) < 4.78 is 24.9. The van der Waals surface area contributed by atoms with Crippen molar-refractivity contribution in [1.29, 1.82) is 0 Å². The van der Waals surface area contributed by atoms with Crippen LogP contribution in [0.15, 0.2) is 53.9 Å². The third-order valence-electron chi connectivity index (χ3n) is 3.27. The van der Waals surface area contributed by atoms with Gasteiger partial charge in [-0.2, -0.15) is 0 Å². The molecule has 0 amide bonds. The fourth-order valence-corrected chi connectivity index (χ4v) is 3.03. The van der Waals surface area contributed by atoms with Crippen molar-refractivity contribution in [1.82, 2.24) is 14.5 Å². The first-order valence-corrected chi connectivity index (χ1v) is 9.15. The lowest BCUT2D eigenvalue weighted by molar-refractivity contribution is 0.602. The fraction of sp³-hybridized carbons (Fsp3) is 0.0667. The Morgan fingerprint density at radius 3 is 2.39 bits per heavy atom. The molecule has 0 saturated heterocycles. The van der Waals surface area contributed by atoms with E-state index in [-0.39, 0.29) is 10.0 Å². The number of hydrogen-bond donors (Lipinski definition) is 0. The minimum absolute atomic E-state index is 0.235. The Morgan fingerprint density at radius 2 is 1.78 bits per heavy atom. The van der Waals surface area contributed by atoms with E-state index in [1.807, 2.05) is 4.57 Å². The molecule has 0 atom stereocenters. The van der Waals surface area contributed by atoms with Crippen LogP contribution in [-0.2, 0) is 9.84 Å². The van der Waals surface area contributed by atoms with Crippen molar-refractivity contribution < 1.29 is 8.42 Å². The predicted molar refractivity (Wildman–Crippen MR) is 89.9 cm³/mol. The minimum Gasteiger partial charge on any atom is -0.299 e. The van der Waals surface area contributed by atoms with Crippen LogP contribution in [0.3, 0.4) is 0 Å². The van der Waals surface area contributed by atoms with E-state index in [4.69, 9.17) is 23.2 Å². The Labute approximate surface area is 143 Å². The molecule has 0 spiro atoms. The van der Waals surface area contributed by atoms with Gasteiger partial charge in [0.1, 0.15) is 5.15 Å². The number of nitrogens with zero attached hydrogens (tertiary/aromatic N) is 3. The second-order valence-corrected chi connectivity index (χ2v) is 7.69. The van der Waals surface area contributed by atoms with E-state index in [9.17, 15) is 8.42 Å². The maximum Gasteiger partial charge on any atom is 0.175 e. The van der Waals surface area contributed by atoms with Crippen LogP contribution in [0.2, 0.25) is 10.2 Å². The summed E-state index contributed by atoms with van der Waals surface area (Å²) in [5, 5.41) is 0.586. The van der Waals surface area contributed by atoms with Gasteiger partial charge in [0.2, 0.25) is 0 Å². The van der Waals surface area contributed by atoms with Gasteiger partial charge >= 0.3 is 0 Å². The summed E-state index contributed by atoms with van der Waals surface area (Å²) in [5.41, 5.74) is 2.29. The Hall–Kier alpha value is -1.89. The van der Waals surface area contributed by atoms with Gasteiger partial charge in [0.05, 0.1) is 28.1 Å². The molecule has 2 aromatic heterocycles. The summed E-state index contributed by atoms with van der Waals surface area (Å²) in [7, 11) is -3.23. The van der Waals surface area contributed by atoms with Crippen molar-refractivity contribution in [3.63, 3.8) is 0 Å². The first-order valence-electron chi connectivity index (χ1n) is 6.50. The summed E-state index contributed by atoms with van der Waals surface area (Å²) in [5.74, 6) is 0. The van der Waals surface area contributed by atoms with Gasteiger partial charge in [-0.3, -0.25) is 4.57 Å². The molecule has 0 N–H and O–H groups in total. The van der Waals surface area contributed by atoms with Crippen LogP contribution in [0.1, 0.15) is 0 Å². The molecule has 0 fully saturated rings. The standard InChI is InChI=1S/C15H11Cl2N3O2S/c1-23(21,22)12-4-2-11(3-5-12)20-9-18-8-14(20)10-6-13(16)15(17)19-7-10/h2-9H,1H3. The van der Waals surface area contributed by atoms with E-state index in [0.717, 1.165) is 16.9 Å². The number of rotatable bonds is 3. The Morgan fingerprint density at radius 1 is 1.09 bits per heavy atom. The van der Waals surface area contributed by atoms with Gasteiger partial charge in [-0.1, -0.05) is 23.2 Å². The second-order valence-electron chi connectivity index (χ2n) is 4.91. The van der Waals surface area contributed by atoms with Crippen LogP contribution in [0.5, 0.6) is 0 Å². The molecular formula is C15H11Cl2N3O2S. The number of halogens is 2. The second kappa shape index (κ2) is 5.96. The fourth-order valence-electron chi connectivity index (χ4n) is 2.13. The lowest BCUT2D eigenvalue weighted by Crippen LogP contribution is -1.99. The van der Waals surface area contributed by atoms with Crippen molar-refractivity contribution >= 4 is 33.0 Å². The molecule has 0 unspecified atom stereocenters. The molecule has 0 aliphatic rings. The van der Waals surface area contributed by atoms with E-state index in [0.29, 0.717) is 5.02 Å². The highest BCUT2D eigenvalue weighted by Crippen LogP contribution is 2.28. The van der Waals surface area contributed by atoms with Crippen molar-refractivity contribution in [3.8, 4) is 16.9 Å². The summed E-state index contributed by atoms with van der Waals surface area (Å²) in [6.07, 6.45) is 6.08. The number of pyridine rings is 1. The van der Waals surface area contributed by atoms with Gasteiger partial charge in [-0.05, 0) is 30.3 Å². The summed E-state index contributed by atoms with van der Waals surface area (Å²) in [6.45, 7) is 0. The lowest BCUT2D eigenvalue weighted by Gasteiger charge is -2.09. The molecular weight excluding hydrogens is 357 g/mol. The van der Waals surface area contributed by atoms with Crippen molar-refractivity contribution in [2.24, 2.45) is 0 Å². The molecule has 3 rings (SSSR count). The molecule has 5 nitrogen and oxygen atoms in total. The average Bonchev–Trinajstić information content (AvgIpc) is 2.99. The quantitative estimate of drug-likeness (QED) is 0.662. The molecule has 0 aliphatic heterocycles. The first kappa shape index (κ1) is 16.0. The van der Waals surface area contributed by atoms with E-state index in [1.165, 1.54) is 6.26 Å². The third kappa shape index (κ3) is 3.24. The molecule has 8 heteroatoms. The molecule has 2 heterocycles. The first-order chi connectivity index (χ1) is 10.9. The van der Waals surface area contributed by atoms with Crippen molar-refractivity contribution in [2.75, 3.05) is 6.26 Å². The highest BCUT2D eigenvalue weighted by Gasteiger charge is 2.11. The van der Waals surface area contributed by atoms with E-state index < -0.39 is 9.84 Å². The summed E-state index contributed by atoms with van der Waals surface area (Å²) in [6, 6.07) is 8.25. The van der Waals surface area contributed by atoms with E-state index in [2.05, 4.69) is 9.97 Å². The number of imidazole rings is 1. The molecule has 0 aliphatic carbocycles. The molecule has 23 heavy (non-hydrogen) atoms. The molecule has 1 aromatic carbocycles. The van der Waals surface area contributed by atoms with E-state index in [1.54, 1.807) is 49.1 Å². The number of sulfone groups is 1. The van der Waals surface area contributed by atoms with Crippen molar-refractivity contribution in [2.45, 2.75) is 4.90 Å². The smallest absolute Gasteiger partial charge is 0.175 e. The molecule has 118 valence electrons. The Bertz CT molecular complexity index is 967. The zero-order valence-electron chi connectivity index (χ0n) is 11.9. The van der Waals surface area contributed by atoms with Gasteiger partial charge in [-0.15, -0.1) is 0 Å². The normalized spacial score (nSPS) is 11.6. The lowest BCUT2D eigenvalue weighted by atomic mass is 10.2. The third-order valence-corrected chi connectivity index (χ3v) is 5.09. The Balaban J connectivity index is 2.05. The van der Waals surface area contributed by atoms with Gasteiger partial charge < -0.3 is 0 Å². The van der Waals surface area contributed by atoms with Crippen LogP contribution in [0.25, 0.3) is 16.9 Å². The predicted octanol–water partition coefficient (Wildman–Crippen LogP) is 3.64. The highest BCUT2D eigenvalue weighted by atomic mass is 35.5. The van der Waals surface area contributed by atoms with Crippen LogP contribution in [0, 0.1) is 0 Å². The Kier molecular flexibility index (Phi) is 4.14. The number of aromatic nitrogens is 3. The number of hydrogen-bond acceptors (Lipinski definition) is 4. The SMILES string of the molecule is CS(=O)(=O)c1ccc(-n2cncc2-c2cnc(Cl)c(Cl)c2)cc1. The maximum absolute atomic E-state index is 11.5.